The van der Waals surface area contributed by atoms with Gasteiger partial charge in [-0.2, -0.15) is 5.10 Å². The lowest BCUT2D eigenvalue weighted by Gasteiger charge is -2.23. The second kappa shape index (κ2) is 6.28. The number of aromatic nitrogens is 4. The Kier molecular flexibility index (Phi) is 4.01. The molecule has 0 aliphatic carbocycles. The van der Waals surface area contributed by atoms with Crippen LogP contribution in [0, 0.1) is 0 Å². The average molecular weight is 331 g/mol. The van der Waals surface area contributed by atoms with Crippen LogP contribution in [-0.4, -0.2) is 37.2 Å². The second-order valence-electron chi connectivity index (χ2n) is 5.51. The van der Waals surface area contributed by atoms with Crippen molar-refractivity contribution in [1.29, 1.82) is 0 Å². The van der Waals surface area contributed by atoms with E-state index < -0.39 is 0 Å². The summed E-state index contributed by atoms with van der Waals surface area (Å²) in [6.45, 7) is 2.99. The molecule has 1 saturated heterocycles. The zero-order chi connectivity index (χ0) is 14.8. The van der Waals surface area contributed by atoms with Crippen LogP contribution in [0.3, 0.4) is 0 Å². The van der Waals surface area contributed by atoms with Crippen molar-refractivity contribution in [2.24, 2.45) is 0 Å². The fourth-order valence-electron chi connectivity index (χ4n) is 2.95. The molecule has 1 fully saturated rings. The predicted octanol–water partition coefficient (Wildman–Crippen LogP) is 3.13. The van der Waals surface area contributed by atoms with Gasteiger partial charge in [0.2, 0.25) is 0 Å². The number of rotatable bonds is 5. The minimum atomic E-state index is 0.536. The lowest BCUT2D eigenvalue weighted by Crippen LogP contribution is -2.32. The molecule has 0 unspecified atom stereocenters. The topological polar surface area (TPSA) is 46.8 Å². The predicted molar refractivity (Wildman–Crippen MR) is 88.9 cm³/mol. The Bertz CT molecular complexity index is 704. The normalized spacial score (nSPS) is 19.0. The second-order valence-corrected chi connectivity index (χ2v) is 7.31. The Morgan fingerprint density at radius 3 is 3.14 bits per heavy atom. The summed E-state index contributed by atoms with van der Waals surface area (Å²) in [4.78, 5) is 12.6. The maximum atomic E-state index is 4.80. The van der Waals surface area contributed by atoms with Gasteiger partial charge in [-0.1, -0.05) is 6.07 Å². The average Bonchev–Trinajstić information content (AvgIpc) is 3.28. The van der Waals surface area contributed by atoms with Gasteiger partial charge in [0.25, 0.3) is 0 Å². The number of hydrogen-bond acceptors (Lipinski definition) is 6. The monoisotopic (exact) mass is 331 g/mol. The zero-order valence-corrected chi connectivity index (χ0v) is 13.8. The van der Waals surface area contributed by atoms with E-state index in [1.165, 1.54) is 23.4 Å². The number of thiophene rings is 1. The van der Waals surface area contributed by atoms with E-state index in [1.54, 1.807) is 35.3 Å². The van der Waals surface area contributed by atoms with E-state index in [-0.39, 0.29) is 0 Å². The summed E-state index contributed by atoms with van der Waals surface area (Å²) < 4.78 is 1.93. The van der Waals surface area contributed by atoms with Crippen LogP contribution in [0.25, 0.3) is 9.88 Å². The van der Waals surface area contributed by atoms with Gasteiger partial charge in [-0.3, -0.25) is 9.58 Å². The summed E-state index contributed by atoms with van der Waals surface area (Å²) in [5.74, 6) is 0. The Morgan fingerprint density at radius 2 is 2.32 bits per heavy atom. The van der Waals surface area contributed by atoms with E-state index in [9.17, 15) is 0 Å². The van der Waals surface area contributed by atoms with Gasteiger partial charge in [0, 0.05) is 18.0 Å². The molecule has 114 valence electrons. The van der Waals surface area contributed by atoms with Crippen LogP contribution in [0.5, 0.6) is 0 Å². The van der Waals surface area contributed by atoms with Crippen LogP contribution in [0.1, 0.15) is 18.5 Å². The fourth-order valence-corrected chi connectivity index (χ4v) is 4.58. The molecule has 0 spiro atoms. The first-order valence-corrected chi connectivity index (χ1v) is 9.19. The molecule has 0 bridgehead atoms. The van der Waals surface area contributed by atoms with Crippen molar-refractivity contribution in [3.05, 3.63) is 41.2 Å². The van der Waals surface area contributed by atoms with Gasteiger partial charge in [0.15, 0.2) is 0 Å². The van der Waals surface area contributed by atoms with Gasteiger partial charge in [-0.15, -0.1) is 22.7 Å². The molecule has 0 amide bonds. The standard InChI is InChI=1S/C15H17N5S2/c1-3-13(8-20-11-16-10-17-20)19(5-1)7-12-9-22-15(18-12)14-4-2-6-21-14/h2,4,6,9-11,13H,1,3,5,7-8H2/t13-/m1/s1. The maximum Gasteiger partial charge on any atom is 0.137 e. The third-order valence-electron chi connectivity index (χ3n) is 4.01. The fraction of sp³-hybridized carbons (Fsp3) is 0.400. The van der Waals surface area contributed by atoms with E-state index in [1.807, 2.05) is 4.68 Å². The molecule has 3 aromatic heterocycles. The van der Waals surface area contributed by atoms with Crippen LogP contribution < -0.4 is 0 Å². The van der Waals surface area contributed by atoms with Crippen LogP contribution >= 0.6 is 22.7 Å². The minimum absolute atomic E-state index is 0.536. The highest BCUT2D eigenvalue weighted by Crippen LogP contribution is 2.29. The summed E-state index contributed by atoms with van der Waals surface area (Å²) in [7, 11) is 0. The molecular weight excluding hydrogens is 314 g/mol. The lowest BCUT2D eigenvalue weighted by atomic mass is 10.2. The van der Waals surface area contributed by atoms with Crippen LogP contribution in [0.2, 0.25) is 0 Å². The summed E-state index contributed by atoms with van der Waals surface area (Å²) in [6.07, 6.45) is 5.88. The van der Waals surface area contributed by atoms with E-state index in [0.29, 0.717) is 6.04 Å². The van der Waals surface area contributed by atoms with Crippen molar-refractivity contribution >= 4 is 22.7 Å². The van der Waals surface area contributed by atoms with Crippen LogP contribution in [-0.2, 0) is 13.1 Å². The van der Waals surface area contributed by atoms with Crippen molar-refractivity contribution in [2.45, 2.75) is 32.0 Å². The first-order valence-electron chi connectivity index (χ1n) is 7.43. The highest BCUT2D eigenvalue weighted by molar-refractivity contribution is 7.20. The number of likely N-dealkylation sites (tertiary alicyclic amines) is 1. The molecule has 4 heterocycles. The smallest absolute Gasteiger partial charge is 0.137 e. The molecule has 4 rings (SSSR count). The Morgan fingerprint density at radius 1 is 1.32 bits per heavy atom. The molecule has 22 heavy (non-hydrogen) atoms. The largest absolute Gasteiger partial charge is 0.293 e. The van der Waals surface area contributed by atoms with E-state index >= 15 is 0 Å². The first kappa shape index (κ1) is 14.0. The van der Waals surface area contributed by atoms with Gasteiger partial charge in [0.1, 0.15) is 17.7 Å². The molecule has 1 atom stereocenters. The minimum Gasteiger partial charge on any atom is -0.293 e. The quantitative estimate of drug-likeness (QED) is 0.721. The van der Waals surface area contributed by atoms with E-state index in [0.717, 1.165) is 24.6 Å². The SMILES string of the molecule is c1csc(-c2nc(CN3CCC[C@@H]3Cn3cncn3)cs2)c1. The van der Waals surface area contributed by atoms with Gasteiger partial charge in [0.05, 0.1) is 17.1 Å². The van der Waals surface area contributed by atoms with Gasteiger partial charge in [-0.25, -0.2) is 9.97 Å². The molecule has 0 N–H and O–H groups in total. The van der Waals surface area contributed by atoms with Crippen molar-refractivity contribution in [3.63, 3.8) is 0 Å². The van der Waals surface area contributed by atoms with Gasteiger partial charge < -0.3 is 0 Å². The number of nitrogens with zero attached hydrogens (tertiary/aromatic N) is 5. The summed E-state index contributed by atoms with van der Waals surface area (Å²) in [5.41, 5.74) is 1.18. The number of thiazole rings is 1. The van der Waals surface area contributed by atoms with Gasteiger partial charge in [-0.05, 0) is 30.8 Å². The third-order valence-corrected chi connectivity index (χ3v) is 5.94. The molecule has 7 heteroatoms. The Labute approximate surface area is 137 Å². The summed E-state index contributed by atoms with van der Waals surface area (Å²) >= 11 is 3.49. The molecular formula is C15H17N5S2. The van der Waals surface area contributed by atoms with Crippen LogP contribution in [0.15, 0.2) is 35.5 Å². The molecule has 5 nitrogen and oxygen atoms in total. The number of hydrogen-bond donors (Lipinski definition) is 0. The lowest BCUT2D eigenvalue weighted by molar-refractivity contribution is 0.217. The summed E-state index contributed by atoms with van der Waals surface area (Å²) in [5, 5.41) is 9.66. The zero-order valence-electron chi connectivity index (χ0n) is 12.1. The highest BCUT2D eigenvalue weighted by atomic mass is 32.1. The molecule has 1 aliphatic rings. The maximum absolute atomic E-state index is 4.80. The van der Waals surface area contributed by atoms with Gasteiger partial charge >= 0.3 is 0 Å². The molecule has 1 aliphatic heterocycles. The van der Waals surface area contributed by atoms with E-state index in [2.05, 4.69) is 37.9 Å². The van der Waals surface area contributed by atoms with Crippen molar-refractivity contribution in [3.8, 4) is 9.88 Å². The third kappa shape index (κ3) is 2.97. The van der Waals surface area contributed by atoms with E-state index in [4.69, 9.17) is 4.98 Å². The van der Waals surface area contributed by atoms with Crippen molar-refractivity contribution in [2.75, 3.05) is 6.54 Å². The molecule has 0 saturated carbocycles. The molecule has 0 radical (unpaired) electrons. The molecule has 0 aromatic carbocycles. The first-order chi connectivity index (χ1) is 10.9. The highest BCUT2D eigenvalue weighted by Gasteiger charge is 2.25. The summed E-state index contributed by atoms with van der Waals surface area (Å²) in [6, 6.07) is 4.75. The Hall–Kier alpha value is -1.57. The van der Waals surface area contributed by atoms with Crippen LogP contribution in [0.4, 0.5) is 0 Å². The van der Waals surface area contributed by atoms with Crippen molar-refractivity contribution in [1.82, 2.24) is 24.6 Å². The molecule has 3 aromatic rings. The van der Waals surface area contributed by atoms with Crippen molar-refractivity contribution < 1.29 is 0 Å². The Balaban J connectivity index is 1.44.